The molecule has 19 heavy (non-hydrogen) atoms. The molecule has 0 aromatic carbocycles. The molecule has 6 heteroatoms. The molecule has 6 nitrogen and oxygen atoms in total. The summed E-state index contributed by atoms with van der Waals surface area (Å²) in [6.45, 7) is 2.89. The fourth-order valence-corrected chi connectivity index (χ4v) is 2.16. The van der Waals surface area contributed by atoms with Gasteiger partial charge in [-0.15, -0.1) is 0 Å². The van der Waals surface area contributed by atoms with Crippen LogP contribution in [0, 0.1) is 0 Å². The molecule has 0 radical (unpaired) electrons. The number of carbonyl (C=O) groups excluding carboxylic acids is 1. The highest BCUT2D eigenvalue weighted by molar-refractivity contribution is 5.92. The molecule has 3 heterocycles. The van der Waals surface area contributed by atoms with Gasteiger partial charge in [0.1, 0.15) is 12.1 Å². The first-order valence-corrected chi connectivity index (χ1v) is 6.20. The highest BCUT2D eigenvalue weighted by atomic mass is 16.5. The van der Waals surface area contributed by atoms with Crippen LogP contribution in [0.2, 0.25) is 0 Å². The molecule has 0 aliphatic carbocycles. The van der Waals surface area contributed by atoms with Gasteiger partial charge in [0.05, 0.1) is 0 Å². The predicted octanol–water partition coefficient (Wildman–Crippen LogP) is 1.03. The van der Waals surface area contributed by atoms with Crippen LogP contribution in [0.25, 0.3) is 0 Å². The molecule has 1 saturated heterocycles. The van der Waals surface area contributed by atoms with Crippen molar-refractivity contribution in [1.29, 1.82) is 0 Å². The Morgan fingerprint density at radius 3 is 2.63 bits per heavy atom. The molecule has 0 N–H and O–H groups in total. The smallest absolute Gasteiger partial charge is 0.276 e. The van der Waals surface area contributed by atoms with Crippen molar-refractivity contribution in [1.82, 2.24) is 15.0 Å². The van der Waals surface area contributed by atoms with E-state index in [0.717, 1.165) is 18.9 Å². The van der Waals surface area contributed by atoms with Crippen LogP contribution in [0.5, 0.6) is 0 Å². The predicted molar refractivity (Wildman–Crippen MR) is 68.9 cm³/mol. The largest absolute Gasteiger partial charge is 0.364 e. The lowest BCUT2D eigenvalue weighted by Crippen LogP contribution is -2.49. The minimum atomic E-state index is -0.0746. The molecule has 0 saturated carbocycles. The molecule has 1 aliphatic rings. The molecule has 0 unspecified atom stereocenters. The zero-order valence-corrected chi connectivity index (χ0v) is 10.4. The number of carbonyl (C=O) groups is 1. The van der Waals surface area contributed by atoms with E-state index in [9.17, 15) is 4.79 Å². The molecule has 0 spiro atoms. The highest BCUT2D eigenvalue weighted by Crippen LogP contribution is 2.13. The van der Waals surface area contributed by atoms with Crippen LogP contribution in [-0.4, -0.2) is 47.1 Å². The molecule has 0 bridgehead atoms. The summed E-state index contributed by atoms with van der Waals surface area (Å²) < 4.78 is 4.70. The first-order valence-electron chi connectivity index (χ1n) is 6.20. The lowest BCUT2D eigenvalue weighted by molar-refractivity contribution is 0.0736. The minimum absolute atomic E-state index is 0.0746. The van der Waals surface area contributed by atoms with Crippen LogP contribution in [0.15, 0.2) is 41.2 Å². The summed E-state index contributed by atoms with van der Waals surface area (Å²) in [7, 11) is 0. The summed E-state index contributed by atoms with van der Waals surface area (Å²) >= 11 is 0. The maximum atomic E-state index is 12.1. The molecular formula is C13H14N4O2. The average molecular weight is 258 g/mol. The molecule has 2 aromatic rings. The molecule has 98 valence electrons. The molecule has 3 rings (SSSR count). The monoisotopic (exact) mass is 258 g/mol. The average Bonchev–Trinajstić information content (AvgIpc) is 3.02. The Balaban J connectivity index is 1.62. The van der Waals surface area contributed by atoms with E-state index in [1.165, 1.54) is 6.26 Å². The Morgan fingerprint density at radius 1 is 1.16 bits per heavy atom. The molecule has 1 fully saturated rings. The summed E-state index contributed by atoms with van der Waals surface area (Å²) in [6, 6.07) is 7.44. The standard InChI is InChI=1S/C13H14N4O2/c18-13(11-4-10-19-15-11)17-8-6-16(7-9-17)12-3-1-2-5-14-12/h1-5,10H,6-9H2. The Bertz CT molecular complexity index is 533. The second-order valence-corrected chi connectivity index (χ2v) is 4.35. The fraction of sp³-hybridized carbons (Fsp3) is 0.308. The van der Waals surface area contributed by atoms with Gasteiger partial charge in [-0.25, -0.2) is 4.98 Å². The minimum Gasteiger partial charge on any atom is -0.364 e. The van der Waals surface area contributed by atoms with Crippen LogP contribution >= 0.6 is 0 Å². The van der Waals surface area contributed by atoms with Gasteiger partial charge in [-0.2, -0.15) is 0 Å². The second kappa shape index (κ2) is 5.09. The Kier molecular flexibility index (Phi) is 3.14. The van der Waals surface area contributed by atoms with Gasteiger partial charge in [0.2, 0.25) is 0 Å². The van der Waals surface area contributed by atoms with E-state index in [1.807, 2.05) is 18.2 Å². The van der Waals surface area contributed by atoms with Crippen molar-refractivity contribution in [2.75, 3.05) is 31.1 Å². The van der Waals surface area contributed by atoms with Gasteiger partial charge in [0.15, 0.2) is 5.69 Å². The van der Waals surface area contributed by atoms with E-state index in [1.54, 1.807) is 17.2 Å². The van der Waals surface area contributed by atoms with Gasteiger partial charge in [0.25, 0.3) is 5.91 Å². The third kappa shape index (κ3) is 2.42. The Hall–Kier alpha value is -2.37. The first-order chi connectivity index (χ1) is 9.34. The molecule has 1 aliphatic heterocycles. The van der Waals surface area contributed by atoms with Crippen LogP contribution in [-0.2, 0) is 0 Å². The number of nitrogens with zero attached hydrogens (tertiary/aromatic N) is 4. The van der Waals surface area contributed by atoms with Crippen LogP contribution in [0.4, 0.5) is 5.82 Å². The normalized spacial score (nSPS) is 15.6. The molecular weight excluding hydrogens is 244 g/mol. The number of hydrogen-bond acceptors (Lipinski definition) is 5. The van der Waals surface area contributed by atoms with Gasteiger partial charge < -0.3 is 14.3 Å². The number of pyridine rings is 1. The Morgan fingerprint density at radius 2 is 2.00 bits per heavy atom. The van der Waals surface area contributed by atoms with E-state index >= 15 is 0 Å². The SMILES string of the molecule is O=C(c1ccon1)N1CCN(c2ccccn2)CC1. The number of amides is 1. The van der Waals surface area contributed by atoms with E-state index in [-0.39, 0.29) is 5.91 Å². The van der Waals surface area contributed by atoms with Crippen molar-refractivity contribution < 1.29 is 9.32 Å². The van der Waals surface area contributed by atoms with Crippen LogP contribution in [0.1, 0.15) is 10.5 Å². The van der Waals surface area contributed by atoms with E-state index in [4.69, 9.17) is 4.52 Å². The third-order valence-corrected chi connectivity index (χ3v) is 3.20. The van der Waals surface area contributed by atoms with Gasteiger partial charge in [-0.1, -0.05) is 11.2 Å². The topological polar surface area (TPSA) is 62.5 Å². The summed E-state index contributed by atoms with van der Waals surface area (Å²) in [5.74, 6) is 0.880. The third-order valence-electron chi connectivity index (χ3n) is 3.20. The number of aromatic nitrogens is 2. The second-order valence-electron chi connectivity index (χ2n) is 4.35. The number of anilines is 1. The van der Waals surface area contributed by atoms with E-state index < -0.39 is 0 Å². The van der Waals surface area contributed by atoms with Crippen molar-refractivity contribution in [2.45, 2.75) is 0 Å². The molecule has 1 amide bonds. The first kappa shape index (κ1) is 11.7. The quantitative estimate of drug-likeness (QED) is 0.805. The summed E-state index contributed by atoms with van der Waals surface area (Å²) in [5.41, 5.74) is 0.367. The maximum absolute atomic E-state index is 12.1. The lowest BCUT2D eigenvalue weighted by Gasteiger charge is -2.34. The summed E-state index contributed by atoms with van der Waals surface area (Å²) in [6.07, 6.45) is 3.19. The van der Waals surface area contributed by atoms with Gasteiger partial charge in [-0.05, 0) is 12.1 Å². The summed E-state index contributed by atoms with van der Waals surface area (Å²) in [5, 5.41) is 3.68. The lowest BCUT2D eigenvalue weighted by atomic mass is 10.2. The van der Waals surface area contributed by atoms with Crippen molar-refractivity contribution in [3.8, 4) is 0 Å². The van der Waals surface area contributed by atoms with Crippen molar-refractivity contribution in [3.05, 3.63) is 42.4 Å². The molecule has 2 aromatic heterocycles. The number of piperazine rings is 1. The van der Waals surface area contributed by atoms with Gasteiger partial charge >= 0.3 is 0 Å². The zero-order valence-electron chi connectivity index (χ0n) is 10.4. The summed E-state index contributed by atoms with van der Waals surface area (Å²) in [4.78, 5) is 20.4. The van der Waals surface area contributed by atoms with Crippen molar-refractivity contribution >= 4 is 11.7 Å². The van der Waals surface area contributed by atoms with E-state index in [2.05, 4.69) is 15.0 Å². The van der Waals surface area contributed by atoms with Crippen LogP contribution < -0.4 is 4.90 Å². The van der Waals surface area contributed by atoms with Gasteiger partial charge in [0, 0.05) is 38.4 Å². The number of hydrogen-bond donors (Lipinski definition) is 0. The highest BCUT2D eigenvalue weighted by Gasteiger charge is 2.24. The van der Waals surface area contributed by atoms with E-state index in [0.29, 0.717) is 18.8 Å². The molecule has 0 atom stereocenters. The van der Waals surface area contributed by atoms with Crippen LogP contribution in [0.3, 0.4) is 0 Å². The number of rotatable bonds is 2. The zero-order chi connectivity index (χ0) is 13.1. The van der Waals surface area contributed by atoms with Crippen molar-refractivity contribution in [2.24, 2.45) is 0 Å². The maximum Gasteiger partial charge on any atom is 0.276 e. The fourth-order valence-electron chi connectivity index (χ4n) is 2.16. The Labute approximate surface area is 110 Å². The van der Waals surface area contributed by atoms with Gasteiger partial charge in [-0.3, -0.25) is 4.79 Å². The van der Waals surface area contributed by atoms with Crippen molar-refractivity contribution in [3.63, 3.8) is 0 Å².